The van der Waals surface area contributed by atoms with Crippen molar-refractivity contribution < 1.29 is 10.0 Å². The van der Waals surface area contributed by atoms with Gasteiger partial charge in [-0.1, -0.05) is 0 Å². The van der Waals surface area contributed by atoms with Gasteiger partial charge < -0.3 is 4.84 Å². The van der Waals surface area contributed by atoms with Gasteiger partial charge in [0.15, 0.2) is 0 Å². The van der Waals surface area contributed by atoms with Crippen LogP contribution in [0.25, 0.3) is 0 Å². The number of hydroxylamine groups is 2. The summed E-state index contributed by atoms with van der Waals surface area (Å²) in [6.07, 6.45) is 1.79. The van der Waals surface area contributed by atoms with E-state index in [1.807, 2.05) is 0 Å². The van der Waals surface area contributed by atoms with Crippen LogP contribution in [0.4, 0.5) is 0 Å². The summed E-state index contributed by atoms with van der Waals surface area (Å²) in [6, 6.07) is 0. The third kappa shape index (κ3) is 0.913. The number of rotatable bonds is 0. The first-order valence-corrected chi connectivity index (χ1v) is 2.10. The van der Waals surface area contributed by atoms with Gasteiger partial charge in [0.1, 0.15) is 5.76 Å². The number of hydrogen-bond donors (Lipinski definition) is 1. The van der Waals surface area contributed by atoms with Crippen molar-refractivity contribution in [3.8, 4) is 0 Å². The van der Waals surface area contributed by atoms with Crippen LogP contribution < -0.4 is 0 Å². The molecule has 1 heterocycles. The average Bonchev–Trinajstić information content (AvgIpc) is 1.87. The highest BCUT2D eigenvalue weighted by molar-refractivity contribution is 4.92. The molecule has 0 bridgehead atoms. The van der Waals surface area contributed by atoms with Gasteiger partial charge in [0, 0.05) is 0 Å². The lowest BCUT2D eigenvalue weighted by Crippen LogP contribution is -2.11. The summed E-state index contributed by atoms with van der Waals surface area (Å²) in [6.45, 7) is 2.27. The fourth-order valence-corrected chi connectivity index (χ4v) is 0.447. The third-order valence-corrected chi connectivity index (χ3v) is 0.784. The van der Waals surface area contributed by atoms with E-state index >= 15 is 0 Å². The molecule has 0 radical (unpaired) electrons. The molecule has 0 atom stereocenters. The largest absolute Gasteiger partial charge is 0.385 e. The molecule has 0 saturated carbocycles. The lowest BCUT2D eigenvalue weighted by Gasteiger charge is -2.03. The van der Waals surface area contributed by atoms with E-state index in [9.17, 15) is 0 Å². The molecule has 1 aliphatic rings. The minimum Gasteiger partial charge on any atom is -0.385 e. The quantitative estimate of drug-likeness (QED) is 0.483. The van der Waals surface area contributed by atoms with Crippen LogP contribution in [0.2, 0.25) is 0 Å². The standard InChI is InChI=1S/C4H7NO2/c1-4-2-3-5(6)7-4/h2,6H,3H2,1H3. The van der Waals surface area contributed by atoms with Crippen LogP contribution >= 0.6 is 0 Å². The molecule has 0 aromatic rings. The Morgan fingerprint density at radius 3 is 2.86 bits per heavy atom. The van der Waals surface area contributed by atoms with Crippen LogP contribution in [0.1, 0.15) is 6.92 Å². The fraction of sp³-hybridized carbons (Fsp3) is 0.500. The van der Waals surface area contributed by atoms with Gasteiger partial charge in [-0.25, -0.2) is 0 Å². The van der Waals surface area contributed by atoms with Crippen LogP contribution in [0.5, 0.6) is 0 Å². The Labute approximate surface area is 41.7 Å². The summed E-state index contributed by atoms with van der Waals surface area (Å²) in [5.41, 5.74) is 0. The Hall–Kier alpha value is -0.540. The summed E-state index contributed by atoms with van der Waals surface area (Å²) >= 11 is 0. The van der Waals surface area contributed by atoms with Crippen LogP contribution in [0.3, 0.4) is 0 Å². The molecule has 40 valence electrons. The van der Waals surface area contributed by atoms with Crippen molar-refractivity contribution in [3.05, 3.63) is 11.8 Å². The van der Waals surface area contributed by atoms with Crippen LogP contribution in [0, 0.1) is 0 Å². The second-order valence-corrected chi connectivity index (χ2v) is 1.44. The smallest absolute Gasteiger partial charge is 0.122 e. The Morgan fingerprint density at radius 2 is 2.71 bits per heavy atom. The van der Waals surface area contributed by atoms with E-state index in [-0.39, 0.29) is 0 Å². The van der Waals surface area contributed by atoms with Crippen molar-refractivity contribution in [3.63, 3.8) is 0 Å². The van der Waals surface area contributed by atoms with Crippen molar-refractivity contribution in [2.45, 2.75) is 6.92 Å². The normalized spacial score (nSPS) is 21.7. The Kier molecular flexibility index (Phi) is 1.00. The van der Waals surface area contributed by atoms with Gasteiger partial charge in [0.2, 0.25) is 0 Å². The molecule has 3 nitrogen and oxygen atoms in total. The van der Waals surface area contributed by atoms with Gasteiger partial charge >= 0.3 is 0 Å². The van der Waals surface area contributed by atoms with Crippen LogP contribution in [-0.2, 0) is 4.84 Å². The molecule has 0 saturated heterocycles. The van der Waals surface area contributed by atoms with Crippen molar-refractivity contribution >= 4 is 0 Å². The second kappa shape index (κ2) is 1.52. The summed E-state index contributed by atoms with van der Waals surface area (Å²) in [7, 11) is 0. The summed E-state index contributed by atoms with van der Waals surface area (Å²) < 4.78 is 0. The maximum atomic E-state index is 8.46. The molecule has 1 rings (SSSR count). The molecule has 0 fully saturated rings. The molecular formula is C4H7NO2. The molecule has 0 amide bonds. The topological polar surface area (TPSA) is 32.7 Å². The highest BCUT2D eigenvalue weighted by Gasteiger charge is 2.06. The first-order valence-electron chi connectivity index (χ1n) is 2.10. The molecule has 1 N–H and O–H groups in total. The van der Waals surface area contributed by atoms with Crippen molar-refractivity contribution in [1.29, 1.82) is 0 Å². The molecule has 0 aliphatic carbocycles. The monoisotopic (exact) mass is 101 g/mol. The van der Waals surface area contributed by atoms with E-state index in [0.29, 0.717) is 6.54 Å². The van der Waals surface area contributed by atoms with Crippen LogP contribution in [0.15, 0.2) is 11.8 Å². The maximum Gasteiger partial charge on any atom is 0.122 e. The highest BCUT2D eigenvalue weighted by Crippen LogP contribution is 2.05. The summed E-state index contributed by atoms with van der Waals surface area (Å²) in [4.78, 5) is 4.61. The van der Waals surface area contributed by atoms with Crippen molar-refractivity contribution in [2.24, 2.45) is 0 Å². The Balaban J connectivity index is 2.42. The van der Waals surface area contributed by atoms with Crippen LogP contribution in [-0.4, -0.2) is 17.0 Å². The molecule has 0 spiro atoms. The number of nitrogens with zero attached hydrogens (tertiary/aromatic N) is 1. The Morgan fingerprint density at radius 1 is 2.00 bits per heavy atom. The minimum atomic E-state index is 0.478. The second-order valence-electron chi connectivity index (χ2n) is 1.44. The van der Waals surface area contributed by atoms with E-state index in [1.165, 1.54) is 0 Å². The Bertz CT molecular complexity index is 99.9. The molecule has 1 aliphatic heterocycles. The zero-order valence-electron chi connectivity index (χ0n) is 4.09. The molecule has 7 heavy (non-hydrogen) atoms. The van der Waals surface area contributed by atoms with E-state index in [1.54, 1.807) is 13.0 Å². The van der Waals surface area contributed by atoms with Gasteiger partial charge in [0.05, 0.1) is 6.54 Å². The predicted octanol–water partition coefficient (Wildman–Crippen LogP) is 0.527. The molecule has 0 unspecified atom stereocenters. The molecular weight excluding hydrogens is 94.0 g/mol. The first kappa shape index (κ1) is 4.61. The SMILES string of the molecule is CC1=CCN(O)O1. The maximum absolute atomic E-state index is 8.46. The van der Waals surface area contributed by atoms with Crippen molar-refractivity contribution in [2.75, 3.05) is 6.54 Å². The van der Waals surface area contributed by atoms with E-state index in [2.05, 4.69) is 4.84 Å². The van der Waals surface area contributed by atoms with Gasteiger partial charge in [0.25, 0.3) is 0 Å². The molecule has 0 aromatic carbocycles. The number of hydrogen-bond acceptors (Lipinski definition) is 3. The third-order valence-electron chi connectivity index (χ3n) is 0.784. The minimum absolute atomic E-state index is 0.478. The van der Waals surface area contributed by atoms with Crippen molar-refractivity contribution in [1.82, 2.24) is 5.23 Å². The summed E-state index contributed by atoms with van der Waals surface area (Å²) in [5.74, 6) is 0.752. The lowest BCUT2D eigenvalue weighted by atomic mass is 10.5. The zero-order chi connectivity index (χ0) is 5.28. The van der Waals surface area contributed by atoms with Gasteiger partial charge in [-0.15, -0.1) is 0 Å². The molecule has 0 aromatic heterocycles. The van der Waals surface area contributed by atoms with E-state index < -0.39 is 0 Å². The van der Waals surface area contributed by atoms with Gasteiger partial charge in [-0.3, -0.25) is 5.21 Å². The first-order chi connectivity index (χ1) is 3.29. The van der Waals surface area contributed by atoms with E-state index in [0.717, 1.165) is 11.0 Å². The fourth-order valence-electron chi connectivity index (χ4n) is 0.447. The summed E-state index contributed by atoms with van der Waals surface area (Å²) in [5, 5.41) is 9.25. The zero-order valence-corrected chi connectivity index (χ0v) is 4.09. The lowest BCUT2D eigenvalue weighted by molar-refractivity contribution is -0.298. The molecule has 3 heteroatoms. The van der Waals surface area contributed by atoms with E-state index in [4.69, 9.17) is 5.21 Å². The number of allylic oxidation sites excluding steroid dienone is 1. The predicted molar refractivity (Wildman–Crippen MR) is 23.3 cm³/mol. The average molecular weight is 101 g/mol. The highest BCUT2D eigenvalue weighted by atomic mass is 16.9. The van der Waals surface area contributed by atoms with Gasteiger partial charge in [-0.2, -0.15) is 0 Å². The van der Waals surface area contributed by atoms with Gasteiger partial charge in [-0.05, 0) is 18.2 Å².